The number of piperidine rings is 1. The van der Waals surface area contributed by atoms with Gasteiger partial charge < -0.3 is 15.1 Å². The van der Waals surface area contributed by atoms with E-state index in [0.29, 0.717) is 11.6 Å². The number of nitrogens with zero attached hydrogens (tertiary/aromatic N) is 3. The first-order valence-corrected chi connectivity index (χ1v) is 6.71. The summed E-state index contributed by atoms with van der Waals surface area (Å²) >= 11 is 0. The second kappa shape index (κ2) is 6.02. The standard InChI is InChI=1S/C14H22N4O/c1-15-12-6-8-18(9-7-12)14(19)11-4-5-13(16-10-11)17(2)3/h4-5,10,12,15H,6-9H2,1-3H3. The minimum atomic E-state index is 0.0901. The SMILES string of the molecule is CNC1CCN(C(=O)c2ccc(N(C)C)nc2)CC1. The molecule has 1 fully saturated rings. The van der Waals surface area contributed by atoms with E-state index in [2.05, 4.69) is 10.3 Å². The lowest BCUT2D eigenvalue weighted by Crippen LogP contribution is -2.43. The van der Waals surface area contributed by atoms with Gasteiger partial charge in [-0.2, -0.15) is 0 Å². The van der Waals surface area contributed by atoms with Crippen molar-refractivity contribution >= 4 is 11.7 Å². The minimum absolute atomic E-state index is 0.0901. The normalized spacial score (nSPS) is 16.5. The molecule has 2 rings (SSSR count). The van der Waals surface area contributed by atoms with E-state index in [9.17, 15) is 4.79 Å². The Hall–Kier alpha value is -1.62. The number of anilines is 1. The van der Waals surface area contributed by atoms with E-state index in [1.807, 2.05) is 43.1 Å². The van der Waals surface area contributed by atoms with Crippen molar-refractivity contribution in [1.82, 2.24) is 15.2 Å². The van der Waals surface area contributed by atoms with Crippen molar-refractivity contribution in [2.24, 2.45) is 0 Å². The van der Waals surface area contributed by atoms with Crippen molar-refractivity contribution in [3.8, 4) is 0 Å². The smallest absolute Gasteiger partial charge is 0.255 e. The zero-order valence-corrected chi connectivity index (χ0v) is 11.9. The summed E-state index contributed by atoms with van der Waals surface area (Å²) in [6.07, 6.45) is 3.71. The molecule has 1 aliphatic rings. The zero-order valence-electron chi connectivity index (χ0n) is 11.9. The quantitative estimate of drug-likeness (QED) is 0.882. The number of aromatic nitrogens is 1. The van der Waals surface area contributed by atoms with Gasteiger partial charge in [-0.05, 0) is 32.0 Å². The van der Waals surface area contributed by atoms with E-state index in [1.54, 1.807) is 6.20 Å². The van der Waals surface area contributed by atoms with Gasteiger partial charge >= 0.3 is 0 Å². The third-order valence-electron chi connectivity index (χ3n) is 3.64. The molecule has 1 saturated heterocycles. The molecule has 104 valence electrons. The fourth-order valence-electron chi connectivity index (χ4n) is 2.33. The van der Waals surface area contributed by atoms with Gasteiger partial charge in [-0.25, -0.2) is 4.98 Å². The van der Waals surface area contributed by atoms with Gasteiger partial charge in [0.2, 0.25) is 0 Å². The van der Waals surface area contributed by atoms with E-state index in [-0.39, 0.29) is 5.91 Å². The summed E-state index contributed by atoms with van der Waals surface area (Å²) in [6, 6.07) is 4.28. The summed E-state index contributed by atoms with van der Waals surface area (Å²) in [5, 5.41) is 3.27. The predicted octanol–water partition coefficient (Wildman–Crippen LogP) is 0.972. The summed E-state index contributed by atoms with van der Waals surface area (Å²) in [7, 11) is 5.85. The Morgan fingerprint density at radius 3 is 2.53 bits per heavy atom. The van der Waals surface area contributed by atoms with Crippen molar-refractivity contribution in [1.29, 1.82) is 0 Å². The molecule has 0 aliphatic carbocycles. The number of carbonyl (C=O) groups is 1. The maximum atomic E-state index is 12.3. The van der Waals surface area contributed by atoms with Gasteiger partial charge in [0.05, 0.1) is 5.56 Å². The Morgan fingerprint density at radius 1 is 1.37 bits per heavy atom. The lowest BCUT2D eigenvalue weighted by molar-refractivity contribution is 0.0707. The zero-order chi connectivity index (χ0) is 13.8. The van der Waals surface area contributed by atoms with E-state index in [1.165, 1.54) is 0 Å². The molecule has 5 heteroatoms. The Labute approximate surface area is 114 Å². The lowest BCUT2D eigenvalue weighted by Gasteiger charge is -2.31. The van der Waals surface area contributed by atoms with Crippen LogP contribution in [-0.2, 0) is 0 Å². The number of carbonyl (C=O) groups excluding carboxylic acids is 1. The lowest BCUT2D eigenvalue weighted by atomic mass is 10.0. The molecule has 0 radical (unpaired) electrons. The summed E-state index contributed by atoms with van der Waals surface area (Å²) in [6.45, 7) is 1.64. The van der Waals surface area contributed by atoms with Crippen molar-refractivity contribution in [3.63, 3.8) is 0 Å². The predicted molar refractivity (Wildman–Crippen MR) is 76.5 cm³/mol. The van der Waals surface area contributed by atoms with Crippen LogP contribution in [0.3, 0.4) is 0 Å². The van der Waals surface area contributed by atoms with Crippen molar-refractivity contribution in [3.05, 3.63) is 23.9 Å². The van der Waals surface area contributed by atoms with Crippen molar-refractivity contribution in [2.45, 2.75) is 18.9 Å². The van der Waals surface area contributed by atoms with Gasteiger partial charge in [-0.15, -0.1) is 0 Å². The number of hydrogen-bond donors (Lipinski definition) is 1. The molecule has 0 unspecified atom stereocenters. The maximum Gasteiger partial charge on any atom is 0.255 e. The van der Waals surface area contributed by atoms with Crippen LogP contribution in [-0.4, -0.2) is 56.1 Å². The van der Waals surface area contributed by atoms with Gasteiger partial charge in [0.25, 0.3) is 5.91 Å². The molecular formula is C14H22N4O. The van der Waals surface area contributed by atoms with Crippen LogP contribution < -0.4 is 10.2 Å². The number of amides is 1. The second-order valence-electron chi connectivity index (χ2n) is 5.15. The molecular weight excluding hydrogens is 240 g/mol. The molecule has 0 bridgehead atoms. The van der Waals surface area contributed by atoms with Crippen LogP contribution in [0.1, 0.15) is 23.2 Å². The highest BCUT2D eigenvalue weighted by molar-refractivity contribution is 5.94. The molecule has 1 amide bonds. The fraction of sp³-hybridized carbons (Fsp3) is 0.571. The molecule has 1 aliphatic heterocycles. The first-order chi connectivity index (χ1) is 9.11. The topological polar surface area (TPSA) is 48.5 Å². The Kier molecular flexibility index (Phi) is 4.37. The second-order valence-corrected chi connectivity index (χ2v) is 5.15. The van der Waals surface area contributed by atoms with Gasteiger partial charge in [-0.3, -0.25) is 4.79 Å². The molecule has 1 N–H and O–H groups in total. The molecule has 1 aromatic heterocycles. The van der Waals surface area contributed by atoms with Crippen LogP contribution in [0.15, 0.2) is 18.3 Å². The number of nitrogens with one attached hydrogen (secondary N) is 1. The molecule has 1 aromatic rings. The highest BCUT2D eigenvalue weighted by atomic mass is 16.2. The molecule has 0 spiro atoms. The van der Waals surface area contributed by atoms with E-state index < -0.39 is 0 Å². The summed E-state index contributed by atoms with van der Waals surface area (Å²) in [5.41, 5.74) is 0.675. The summed E-state index contributed by atoms with van der Waals surface area (Å²) in [5.74, 6) is 0.956. The van der Waals surface area contributed by atoms with Crippen LogP contribution in [0.25, 0.3) is 0 Å². The highest BCUT2D eigenvalue weighted by Gasteiger charge is 2.22. The van der Waals surface area contributed by atoms with E-state index in [4.69, 9.17) is 0 Å². The minimum Gasteiger partial charge on any atom is -0.363 e. The third kappa shape index (κ3) is 3.23. The number of hydrogen-bond acceptors (Lipinski definition) is 4. The van der Waals surface area contributed by atoms with Crippen LogP contribution in [0.5, 0.6) is 0 Å². The van der Waals surface area contributed by atoms with Crippen LogP contribution in [0, 0.1) is 0 Å². The van der Waals surface area contributed by atoms with Gasteiger partial charge in [-0.1, -0.05) is 0 Å². The largest absolute Gasteiger partial charge is 0.363 e. The maximum absolute atomic E-state index is 12.3. The Balaban J connectivity index is 2.00. The number of pyridine rings is 1. The average Bonchev–Trinajstić information content (AvgIpc) is 2.46. The monoisotopic (exact) mass is 262 g/mol. The van der Waals surface area contributed by atoms with Gasteiger partial charge in [0.15, 0.2) is 0 Å². The number of rotatable bonds is 3. The first-order valence-electron chi connectivity index (χ1n) is 6.71. The third-order valence-corrected chi connectivity index (χ3v) is 3.64. The average molecular weight is 262 g/mol. The van der Waals surface area contributed by atoms with Crippen LogP contribution in [0.2, 0.25) is 0 Å². The molecule has 0 atom stereocenters. The molecule has 2 heterocycles. The summed E-state index contributed by atoms with van der Waals surface area (Å²) in [4.78, 5) is 20.5. The fourth-order valence-corrected chi connectivity index (χ4v) is 2.33. The Bertz CT molecular complexity index is 422. The van der Waals surface area contributed by atoms with Gasteiger partial charge in [0, 0.05) is 39.4 Å². The molecule has 19 heavy (non-hydrogen) atoms. The van der Waals surface area contributed by atoms with Crippen molar-refractivity contribution < 1.29 is 4.79 Å². The highest BCUT2D eigenvalue weighted by Crippen LogP contribution is 2.15. The molecule has 5 nitrogen and oxygen atoms in total. The number of likely N-dealkylation sites (tertiary alicyclic amines) is 1. The summed E-state index contributed by atoms with van der Waals surface area (Å²) < 4.78 is 0. The first kappa shape index (κ1) is 13.8. The van der Waals surface area contributed by atoms with Crippen molar-refractivity contribution in [2.75, 3.05) is 39.1 Å². The van der Waals surface area contributed by atoms with Crippen LogP contribution >= 0.6 is 0 Å². The molecule has 0 saturated carbocycles. The van der Waals surface area contributed by atoms with E-state index >= 15 is 0 Å². The van der Waals surface area contributed by atoms with E-state index in [0.717, 1.165) is 31.7 Å². The Morgan fingerprint density at radius 2 is 2.05 bits per heavy atom. The van der Waals surface area contributed by atoms with Gasteiger partial charge in [0.1, 0.15) is 5.82 Å². The molecule has 0 aromatic carbocycles. The van der Waals surface area contributed by atoms with Crippen LogP contribution in [0.4, 0.5) is 5.82 Å².